The van der Waals surface area contributed by atoms with Crippen LogP contribution in [0.3, 0.4) is 0 Å². The maximum absolute atomic E-state index is 12.3. The molecule has 3 nitrogen and oxygen atoms in total. The standard InChI is InChI=1S/C18H21NO2/c1-13-5-7-14(8-6-13)17(20)19-18(2,3)15-9-11-16(21-4)12-10-15/h5-12H,1-4H3,(H,19,20). The summed E-state index contributed by atoms with van der Waals surface area (Å²) in [5.41, 5.74) is 2.39. The molecule has 0 aliphatic rings. The van der Waals surface area contributed by atoms with Crippen LogP contribution >= 0.6 is 0 Å². The summed E-state index contributed by atoms with van der Waals surface area (Å²) < 4.78 is 5.16. The van der Waals surface area contributed by atoms with E-state index in [0.29, 0.717) is 5.56 Å². The summed E-state index contributed by atoms with van der Waals surface area (Å²) in [7, 11) is 1.64. The molecule has 0 spiro atoms. The monoisotopic (exact) mass is 283 g/mol. The predicted molar refractivity (Wildman–Crippen MR) is 84.7 cm³/mol. The minimum atomic E-state index is -0.450. The van der Waals surface area contributed by atoms with Gasteiger partial charge in [-0.05, 0) is 50.6 Å². The fourth-order valence-electron chi connectivity index (χ4n) is 2.14. The van der Waals surface area contributed by atoms with Gasteiger partial charge in [0, 0.05) is 5.56 Å². The molecule has 0 saturated carbocycles. The molecule has 0 aliphatic heterocycles. The van der Waals surface area contributed by atoms with E-state index in [9.17, 15) is 4.79 Å². The Morgan fingerprint density at radius 2 is 1.57 bits per heavy atom. The van der Waals surface area contributed by atoms with Crippen molar-refractivity contribution in [3.8, 4) is 5.75 Å². The highest BCUT2D eigenvalue weighted by Crippen LogP contribution is 2.23. The van der Waals surface area contributed by atoms with Gasteiger partial charge in [0.25, 0.3) is 5.91 Å². The Kier molecular flexibility index (Phi) is 4.32. The molecule has 0 unspecified atom stereocenters. The van der Waals surface area contributed by atoms with E-state index < -0.39 is 5.54 Å². The molecule has 0 fully saturated rings. The molecule has 1 amide bonds. The van der Waals surface area contributed by atoms with Gasteiger partial charge in [-0.25, -0.2) is 0 Å². The zero-order valence-electron chi connectivity index (χ0n) is 12.9. The minimum absolute atomic E-state index is 0.0733. The summed E-state index contributed by atoms with van der Waals surface area (Å²) in [5, 5.41) is 3.07. The molecule has 0 saturated heterocycles. The van der Waals surface area contributed by atoms with Gasteiger partial charge in [0.05, 0.1) is 12.6 Å². The lowest BCUT2D eigenvalue weighted by atomic mass is 9.93. The van der Waals surface area contributed by atoms with E-state index in [1.54, 1.807) is 7.11 Å². The van der Waals surface area contributed by atoms with Crippen LogP contribution in [0.25, 0.3) is 0 Å². The van der Waals surface area contributed by atoms with Gasteiger partial charge in [0.2, 0.25) is 0 Å². The highest BCUT2D eigenvalue weighted by molar-refractivity contribution is 5.94. The Labute approximate surface area is 126 Å². The van der Waals surface area contributed by atoms with Crippen LogP contribution in [0.15, 0.2) is 48.5 Å². The molecular formula is C18H21NO2. The fourth-order valence-corrected chi connectivity index (χ4v) is 2.14. The molecule has 0 atom stereocenters. The van der Waals surface area contributed by atoms with Gasteiger partial charge >= 0.3 is 0 Å². The molecular weight excluding hydrogens is 262 g/mol. The average Bonchev–Trinajstić information content (AvgIpc) is 2.47. The number of aryl methyl sites for hydroxylation is 1. The third kappa shape index (κ3) is 3.63. The topological polar surface area (TPSA) is 38.3 Å². The third-order valence-corrected chi connectivity index (χ3v) is 3.55. The number of hydrogen-bond acceptors (Lipinski definition) is 2. The smallest absolute Gasteiger partial charge is 0.251 e. The van der Waals surface area contributed by atoms with E-state index >= 15 is 0 Å². The van der Waals surface area contributed by atoms with Crippen molar-refractivity contribution in [3.05, 3.63) is 65.2 Å². The van der Waals surface area contributed by atoms with Crippen molar-refractivity contribution in [2.75, 3.05) is 7.11 Å². The second kappa shape index (κ2) is 6.00. The van der Waals surface area contributed by atoms with Crippen LogP contribution in [0.1, 0.15) is 35.3 Å². The number of carbonyl (C=O) groups is 1. The number of hydrogen-bond donors (Lipinski definition) is 1. The molecule has 110 valence electrons. The van der Waals surface area contributed by atoms with Crippen LogP contribution in [0.5, 0.6) is 5.75 Å². The van der Waals surface area contributed by atoms with Gasteiger partial charge < -0.3 is 10.1 Å². The molecule has 0 heterocycles. The van der Waals surface area contributed by atoms with Crippen molar-refractivity contribution >= 4 is 5.91 Å². The van der Waals surface area contributed by atoms with Gasteiger partial charge in [-0.1, -0.05) is 29.8 Å². The second-order valence-electron chi connectivity index (χ2n) is 5.67. The molecule has 0 aliphatic carbocycles. The molecule has 21 heavy (non-hydrogen) atoms. The van der Waals surface area contributed by atoms with Gasteiger partial charge in [-0.15, -0.1) is 0 Å². The Morgan fingerprint density at radius 3 is 2.10 bits per heavy atom. The van der Waals surface area contributed by atoms with Crippen LogP contribution in [0.4, 0.5) is 0 Å². The van der Waals surface area contributed by atoms with E-state index in [0.717, 1.165) is 16.9 Å². The SMILES string of the molecule is COc1ccc(C(C)(C)NC(=O)c2ccc(C)cc2)cc1. The van der Waals surface area contributed by atoms with E-state index in [1.165, 1.54) is 0 Å². The van der Waals surface area contributed by atoms with Crippen LogP contribution < -0.4 is 10.1 Å². The van der Waals surface area contributed by atoms with Crippen molar-refractivity contribution in [1.29, 1.82) is 0 Å². The number of nitrogens with one attached hydrogen (secondary N) is 1. The highest BCUT2D eigenvalue weighted by atomic mass is 16.5. The van der Waals surface area contributed by atoms with E-state index in [-0.39, 0.29) is 5.91 Å². The third-order valence-electron chi connectivity index (χ3n) is 3.55. The second-order valence-corrected chi connectivity index (χ2v) is 5.67. The zero-order valence-corrected chi connectivity index (χ0v) is 12.9. The largest absolute Gasteiger partial charge is 0.497 e. The van der Waals surface area contributed by atoms with Crippen molar-refractivity contribution in [2.24, 2.45) is 0 Å². The molecule has 2 aromatic carbocycles. The molecule has 2 rings (SSSR count). The summed E-state index contributed by atoms with van der Waals surface area (Å²) >= 11 is 0. The highest BCUT2D eigenvalue weighted by Gasteiger charge is 2.23. The molecule has 0 bridgehead atoms. The van der Waals surface area contributed by atoms with Crippen molar-refractivity contribution in [2.45, 2.75) is 26.3 Å². The van der Waals surface area contributed by atoms with Gasteiger partial charge in [-0.3, -0.25) is 4.79 Å². The lowest BCUT2D eigenvalue weighted by molar-refractivity contribution is 0.0912. The zero-order chi connectivity index (χ0) is 15.5. The number of carbonyl (C=O) groups excluding carboxylic acids is 1. The quantitative estimate of drug-likeness (QED) is 0.929. The number of benzene rings is 2. The van der Waals surface area contributed by atoms with Gasteiger partial charge in [0.1, 0.15) is 5.75 Å². The first-order valence-electron chi connectivity index (χ1n) is 6.96. The lowest BCUT2D eigenvalue weighted by Gasteiger charge is -2.27. The normalized spacial score (nSPS) is 11.0. The number of amides is 1. The van der Waals surface area contributed by atoms with Crippen LogP contribution in [-0.2, 0) is 5.54 Å². The predicted octanol–water partition coefficient (Wildman–Crippen LogP) is 3.67. The van der Waals surface area contributed by atoms with Crippen molar-refractivity contribution < 1.29 is 9.53 Å². The molecule has 2 aromatic rings. The molecule has 1 N–H and O–H groups in total. The number of rotatable bonds is 4. The van der Waals surface area contributed by atoms with Crippen molar-refractivity contribution in [3.63, 3.8) is 0 Å². The minimum Gasteiger partial charge on any atom is -0.497 e. The summed E-state index contributed by atoms with van der Waals surface area (Å²) in [4.78, 5) is 12.3. The summed E-state index contributed by atoms with van der Waals surface area (Å²) in [6.45, 7) is 5.98. The van der Waals surface area contributed by atoms with E-state index in [1.807, 2.05) is 69.3 Å². The molecule has 0 aromatic heterocycles. The number of ether oxygens (including phenoxy) is 1. The van der Waals surface area contributed by atoms with Crippen LogP contribution in [0, 0.1) is 6.92 Å². The van der Waals surface area contributed by atoms with Crippen LogP contribution in [0.2, 0.25) is 0 Å². The molecule has 0 radical (unpaired) electrons. The maximum Gasteiger partial charge on any atom is 0.251 e. The van der Waals surface area contributed by atoms with Gasteiger partial charge in [-0.2, -0.15) is 0 Å². The fraction of sp³-hybridized carbons (Fsp3) is 0.278. The maximum atomic E-state index is 12.3. The summed E-state index contributed by atoms with van der Waals surface area (Å²) in [6.07, 6.45) is 0. The van der Waals surface area contributed by atoms with Crippen molar-refractivity contribution in [1.82, 2.24) is 5.32 Å². The van der Waals surface area contributed by atoms with Gasteiger partial charge in [0.15, 0.2) is 0 Å². The Balaban J connectivity index is 2.15. The number of methoxy groups -OCH3 is 1. The van der Waals surface area contributed by atoms with E-state index in [4.69, 9.17) is 4.74 Å². The Hall–Kier alpha value is -2.29. The Bertz CT molecular complexity index is 613. The Morgan fingerprint density at radius 1 is 1.00 bits per heavy atom. The first-order valence-corrected chi connectivity index (χ1v) is 6.96. The lowest BCUT2D eigenvalue weighted by Crippen LogP contribution is -2.40. The average molecular weight is 283 g/mol. The summed E-state index contributed by atoms with van der Waals surface area (Å²) in [5.74, 6) is 0.732. The first-order chi connectivity index (χ1) is 9.92. The summed E-state index contributed by atoms with van der Waals surface area (Å²) in [6, 6.07) is 15.3. The van der Waals surface area contributed by atoms with Crippen LogP contribution in [-0.4, -0.2) is 13.0 Å². The first kappa shape index (κ1) is 15.1. The van der Waals surface area contributed by atoms with E-state index in [2.05, 4.69) is 5.32 Å². The molecule has 3 heteroatoms.